The van der Waals surface area contributed by atoms with Crippen LogP contribution in [0.25, 0.3) is 11.1 Å². The molecule has 33 heteroatoms. The molecule has 31 nitrogen and oxygen atoms in total. The summed E-state index contributed by atoms with van der Waals surface area (Å²) < 4.78 is 37.0. The lowest BCUT2D eigenvalue weighted by Gasteiger charge is -2.54. The summed E-state index contributed by atoms with van der Waals surface area (Å²) in [5.74, 6) is -16.0. The van der Waals surface area contributed by atoms with Gasteiger partial charge < -0.3 is 102 Å². The van der Waals surface area contributed by atoms with E-state index in [2.05, 4.69) is 26.6 Å². The summed E-state index contributed by atoms with van der Waals surface area (Å²) in [7, 11) is 1.29. The number of primary amides is 1. The topological polar surface area (TPSA) is 477 Å². The summed E-state index contributed by atoms with van der Waals surface area (Å²) in [5.41, 5.74) is 2.13. The van der Waals surface area contributed by atoms with Crippen molar-refractivity contribution in [1.82, 2.24) is 31.5 Å². The number of rotatable bonds is 14. The van der Waals surface area contributed by atoms with Gasteiger partial charge in [-0.3, -0.25) is 43.3 Å². The summed E-state index contributed by atoms with van der Waals surface area (Å²) in [6, 6.07) is 5.35. The van der Waals surface area contributed by atoms with Crippen molar-refractivity contribution in [1.29, 1.82) is 0 Å². The van der Waals surface area contributed by atoms with Gasteiger partial charge in [0.1, 0.15) is 107 Å². The molecule has 15 rings (SSSR count). The van der Waals surface area contributed by atoms with Crippen LogP contribution >= 0.6 is 23.2 Å². The summed E-state index contributed by atoms with van der Waals surface area (Å²) in [4.78, 5) is 151. The van der Waals surface area contributed by atoms with Crippen LogP contribution in [0.3, 0.4) is 0 Å². The quantitative estimate of drug-likeness (QED) is 0.0501. The Bertz CT molecular complexity index is 4630. The molecule has 0 radical (unpaired) electrons. The zero-order valence-corrected chi connectivity index (χ0v) is 66.2. The third-order valence-corrected chi connectivity index (χ3v) is 23.0. The Morgan fingerprint density at radius 1 is 0.643 bits per heavy atom. The van der Waals surface area contributed by atoms with E-state index in [1.165, 1.54) is 43.4 Å². The van der Waals surface area contributed by atoms with Crippen LogP contribution in [0.4, 0.5) is 9.59 Å². The third kappa shape index (κ3) is 18.8. The second-order valence-electron chi connectivity index (χ2n) is 33.7. The van der Waals surface area contributed by atoms with Crippen LogP contribution in [0.2, 0.25) is 10.0 Å². The van der Waals surface area contributed by atoms with Crippen LogP contribution in [0.1, 0.15) is 178 Å². The summed E-state index contributed by atoms with van der Waals surface area (Å²) in [6.45, 7) is 12.5. The van der Waals surface area contributed by atoms with E-state index in [9.17, 15) is 60.0 Å². The highest BCUT2D eigenvalue weighted by molar-refractivity contribution is 6.32. The van der Waals surface area contributed by atoms with Crippen molar-refractivity contribution < 1.29 is 117 Å². The molecule has 7 amide bonds. The number of ketones is 3. The molecule has 1 saturated heterocycles. The van der Waals surface area contributed by atoms with Crippen molar-refractivity contribution in [2.24, 2.45) is 47.2 Å². The van der Waals surface area contributed by atoms with E-state index < -0.39 is 216 Å². The third-order valence-electron chi connectivity index (χ3n) is 22.4. The number of nitrogens with zero attached hydrogens (tertiary/aromatic N) is 1. The average molecular weight is 1640 g/mol. The number of aliphatic hydroxyl groups excluding tert-OH is 5. The van der Waals surface area contributed by atoms with Crippen LogP contribution in [0.15, 0.2) is 78.9 Å². The molecule has 5 unspecified atom stereocenters. The number of alkyl carbamates (subject to hydrolysis) is 1. The normalized spacial score (nSPS) is 28.3. The standard InChI is InChI=1S/C82H97Cl2N7O24/c1-34(2)16-51(91(9)80(109)115-82(6,7)8)76(106)89-66-54(95)25-43(28-62(85)98)74(104)87-64-42-26-59(110-57-14-11-38(68(66)99)23-49(57)83)73(113-78-72(103)71(102)70(101)61(112-78)33-86-79(108)114-81(3,4)5)60(27-42)111-58-15-12-39(24-50(58)84)69(100)67-77(107)88-65(56(97)31-45-40-18-35-17-36(20-40)21-41(45)19-35)48-29-44(92)30-53(94)63(48)47-22-37(10-13-52(47)93)46(32-55(64)96)75(105)90-67/h10-15,22-24,26-27,29-30,34-36,40-41,43,45-46,51,61,64-72,78,92-94,99-103H,16-21,25,28,31-33H2,1-9H3,(H2,85,98)(H,86,108)(H,87,104)(H,88,107)(H,89,106)(H,90,105)/t35?,36?,40?,41?,43-,45?,46+,51+,61?,64+,65-,66-,67-,68+,69+,70?,71?,72?,78?/m0/s1. The second kappa shape index (κ2) is 33.8. The number of aliphatic hydroxyl groups is 5. The molecule has 15 bridgehead atoms. The Hall–Kier alpha value is -9.86. The van der Waals surface area contributed by atoms with Gasteiger partial charge in [-0.25, -0.2) is 9.59 Å². The van der Waals surface area contributed by atoms with Gasteiger partial charge in [-0.05, 0) is 198 Å². The van der Waals surface area contributed by atoms with Gasteiger partial charge in [-0.15, -0.1) is 0 Å². The van der Waals surface area contributed by atoms with Gasteiger partial charge in [0, 0.05) is 56.5 Å². The minimum Gasteiger partial charge on any atom is -0.508 e. The van der Waals surface area contributed by atoms with Gasteiger partial charge >= 0.3 is 12.2 Å². The maximum Gasteiger partial charge on any atom is 0.410 e. The number of ether oxygens (including phenoxy) is 6. The summed E-state index contributed by atoms with van der Waals surface area (Å²) >= 11 is 14.3. The maximum absolute atomic E-state index is 16.4. The molecular formula is C82H97Cl2N7O24. The molecular weight excluding hydrogens is 1540 g/mol. The van der Waals surface area contributed by atoms with Crippen molar-refractivity contribution in [3.05, 3.63) is 117 Å². The van der Waals surface area contributed by atoms with Crippen molar-refractivity contribution in [2.45, 2.75) is 210 Å². The predicted molar refractivity (Wildman–Crippen MR) is 410 cm³/mol. The van der Waals surface area contributed by atoms with Crippen molar-refractivity contribution in [2.75, 3.05) is 13.6 Å². The number of halogens is 2. The zero-order valence-electron chi connectivity index (χ0n) is 64.7. The smallest absolute Gasteiger partial charge is 0.410 e. The Labute approximate surface area is 672 Å². The molecule has 618 valence electrons. The molecule has 4 saturated carbocycles. The number of benzene rings is 5. The van der Waals surface area contributed by atoms with E-state index in [1.807, 2.05) is 0 Å². The van der Waals surface area contributed by atoms with Gasteiger partial charge in [0.25, 0.3) is 0 Å². The van der Waals surface area contributed by atoms with Gasteiger partial charge in [0.05, 0.1) is 21.9 Å². The number of phenols is 3. The van der Waals surface area contributed by atoms with Crippen LogP contribution in [0, 0.1) is 41.4 Å². The van der Waals surface area contributed by atoms with E-state index in [-0.39, 0.29) is 97.0 Å². The number of nitrogens with one attached hydrogen (secondary N) is 5. The van der Waals surface area contributed by atoms with E-state index in [0.29, 0.717) is 11.8 Å². The Balaban J connectivity index is 1.04. The summed E-state index contributed by atoms with van der Waals surface area (Å²) in [5, 5.41) is 108. The summed E-state index contributed by atoms with van der Waals surface area (Å²) in [6.07, 6.45) is -14.6. The van der Waals surface area contributed by atoms with E-state index >= 15 is 28.8 Å². The van der Waals surface area contributed by atoms with Crippen LogP contribution in [-0.4, -0.2) is 178 Å². The molecule has 5 fully saturated rings. The molecule has 0 aromatic heterocycles. The molecule has 6 heterocycles. The minimum atomic E-state index is -2.21. The Morgan fingerprint density at radius 2 is 1.24 bits per heavy atom. The minimum absolute atomic E-state index is 0.0298. The number of hydrogen-bond donors (Lipinski definition) is 14. The monoisotopic (exact) mass is 1630 g/mol. The lowest BCUT2D eigenvalue weighted by molar-refractivity contribution is -0.270. The molecule has 6 aliphatic heterocycles. The van der Waals surface area contributed by atoms with Gasteiger partial charge in [0.2, 0.25) is 41.6 Å². The fourth-order valence-corrected chi connectivity index (χ4v) is 17.5. The Morgan fingerprint density at radius 3 is 1.83 bits per heavy atom. The first kappa shape index (κ1) is 84.5. The lowest BCUT2D eigenvalue weighted by Crippen LogP contribution is -2.61. The number of hydrogen-bond acceptors (Lipinski definition) is 24. The van der Waals surface area contributed by atoms with Crippen molar-refractivity contribution in [3.8, 4) is 57.1 Å². The van der Waals surface area contributed by atoms with E-state index in [1.54, 1.807) is 55.4 Å². The number of phenolic OH excluding ortho intramolecular Hbond substituents is 3. The number of nitrogens with two attached hydrogens (primary N) is 1. The number of likely N-dealkylation sites (N-methyl/N-ethyl adjacent to an activating group) is 1. The number of amides is 7. The zero-order chi connectivity index (χ0) is 83.5. The molecule has 10 aliphatic rings. The molecule has 4 aliphatic carbocycles. The molecule has 115 heavy (non-hydrogen) atoms. The van der Waals surface area contributed by atoms with Crippen LogP contribution in [0.5, 0.6) is 46.0 Å². The van der Waals surface area contributed by atoms with Gasteiger partial charge in [-0.2, -0.15) is 0 Å². The van der Waals surface area contributed by atoms with Crippen molar-refractivity contribution in [3.63, 3.8) is 0 Å². The molecule has 14 atom stereocenters. The Kier molecular flexibility index (Phi) is 24.8. The lowest BCUT2D eigenvalue weighted by atomic mass is 9.51. The SMILES string of the molecule is CC(C)C[C@H](C(=O)N[C@H]1C(=O)C[C@@H](CC(N)=O)C(=O)N[C@H]2C(=O)C[C@H]3C(=O)N[C@H](C(=O)N[C@H](C(=O)CC4C5CC6CC(C5)CC4C6)c4cc(O)cc(O)c4-c4cc3ccc4O)[C@H](O)c3ccc(c(Cl)c3)Oc3cc2cc(c3OC2OC(CNC(=O)OC(C)(C)C)C(O)C(O)C2O)Oc2ccc(cc2Cl)[C@H]1O)N(C)C(=O)OC(C)(C)C. The van der Waals surface area contributed by atoms with Crippen molar-refractivity contribution >= 4 is 82.3 Å². The van der Waals surface area contributed by atoms with Crippen LogP contribution in [-0.2, 0) is 52.6 Å². The second-order valence-corrected chi connectivity index (χ2v) is 34.5. The first-order valence-corrected chi connectivity index (χ1v) is 39.1. The largest absolute Gasteiger partial charge is 0.508 e. The first-order chi connectivity index (χ1) is 54.1. The fourth-order valence-electron chi connectivity index (χ4n) is 17.1. The maximum atomic E-state index is 16.4. The predicted octanol–water partition coefficient (Wildman–Crippen LogP) is 7.97. The number of carbonyl (C=O) groups is 10. The fraction of sp³-hybridized carbons (Fsp3) is 0.512. The average Bonchev–Trinajstić information content (AvgIpc) is 0.746. The molecule has 5 aromatic rings. The number of Topliss-reactive ketones (excluding diaryl/α,β-unsaturated/α-hetero) is 3. The molecule has 15 N–H and O–H groups in total. The number of fused-ring (bicyclic) bond motifs is 15. The highest BCUT2D eigenvalue weighted by Crippen LogP contribution is 2.58. The first-order valence-electron chi connectivity index (χ1n) is 38.3. The van der Waals surface area contributed by atoms with E-state index in [0.717, 1.165) is 79.5 Å². The van der Waals surface area contributed by atoms with Gasteiger partial charge in [-0.1, -0.05) is 55.2 Å². The van der Waals surface area contributed by atoms with Crippen LogP contribution < -0.4 is 46.5 Å². The number of aromatic hydroxyl groups is 3. The van der Waals surface area contributed by atoms with Gasteiger partial charge in [0.15, 0.2) is 28.8 Å². The highest BCUT2D eigenvalue weighted by Gasteiger charge is 2.51. The van der Waals surface area contributed by atoms with E-state index in [4.69, 9.17) is 57.4 Å². The number of carbonyl (C=O) groups excluding carboxylic acids is 10. The molecule has 0 spiro atoms. The molecule has 5 aromatic carbocycles. The highest BCUT2D eigenvalue weighted by atomic mass is 35.5.